The van der Waals surface area contributed by atoms with E-state index in [1.807, 2.05) is 6.07 Å². The van der Waals surface area contributed by atoms with E-state index in [9.17, 15) is 8.42 Å². The van der Waals surface area contributed by atoms with Crippen molar-refractivity contribution < 1.29 is 8.42 Å². The Balaban J connectivity index is 2.46. The van der Waals surface area contributed by atoms with Gasteiger partial charge in [-0.15, -0.1) is 0 Å². The minimum atomic E-state index is -3.32. The summed E-state index contributed by atoms with van der Waals surface area (Å²) in [5, 5.41) is -0.466. The second-order valence-electron chi connectivity index (χ2n) is 3.63. The van der Waals surface area contributed by atoms with Crippen molar-refractivity contribution in [2.24, 2.45) is 0 Å². The number of fused-ring (bicyclic) bond motifs is 1. The normalized spacial score (nSPS) is 12.2. The SMILES string of the molecule is CC(C)S(=O)(=O)Nc1cccc2n[se]nc12. The zero-order chi connectivity index (χ0) is 11.8. The van der Waals surface area contributed by atoms with Crippen molar-refractivity contribution in [1.29, 1.82) is 0 Å². The number of nitrogens with zero attached hydrogens (tertiary/aromatic N) is 2. The summed E-state index contributed by atoms with van der Waals surface area (Å²) >= 11 is -0.151. The minimum absolute atomic E-state index is 0.151. The van der Waals surface area contributed by atoms with Crippen LogP contribution < -0.4 is 4.72 Å². The van der Waals surface area contributed by atoms with Crippen LogP contribution in [-0.4, -0.2) is 36.6 Å². The molecule has 2 aromatic rings. The van der Waals surface area contributed by atoms with Crippen LogP contribution in [0.5, 0.6) is 0 Å². The summed E-state index contributed by atoms with van der Waals surface area (Å²) in [7, 11) is -3.32. The first kappa shape index (κ1) is 11.6. The van der Waals surface area contributed by atoms with Crippen LogP contribution in [0.3, 0.4) is 0 Å². The van der Waals surface area contributed by atoms with Crippen LogP contribution in [0.4, 0.5) is 5.69 Å². The molecule has 0 saturated carbocycles. The Morgan fingerprint density at radius 2 is 2.06 bits per heavy atom. The summed E-state index contributed by atoms with van der Waals surface area (Å²) in [4.78, 5) is 0. The second-order valence-corrected chi connectivity index (χ2v) is 6.98. The first-order chi connectivity index (χ1) is 7.50. The molecule has 0 aliphatic carbocycles. The van der Waals surface area contributed by atoms with E-state index < -0.39 is 15.3 Å². The third-order valence-electron chi connectivity index (χ3n) is 2.16. The molecule has 0 aliphatic heterocycles. The number of hydrogen-bond acceptors (Lipinski definition) is 4. The van der Waals surface area contributed by atoms with E-state index in [-0.39, 0.29) is 15.0 Å². The van der Waals surface area contributed by atoms with Crippen LogP contribution in [0.25, 0.3) is 11.0 Å². The number of nitrogens with one attached hydrogen (secondary N) is 1. The van der Waals surface area contributed by atoms with Crippen LogP contribution in [0, 0.1) is 0 Å². The van der Waals surface area contributed by atoms with Gasteiger partial charge >= 0.3 is 100 Å². The van der Waals surface area contributed by atoms with E-state index >= 15 is 0 Å². The summed E-state index contributed by atoms with van der Waals surface area (Å²) in [6.45, 7) is 3.27. The van der Waals surface area contributed by atoms with Gasteiger partial charge in [-0.2, -0.15) is 0 Å². The quantitative estimate of drug-likeness (QED) is 0.853. The monoisotopic (exact) mass is 305 g/mol. The standard InChI is InChI=1S/C9H11N3O2SSe/c1-6(2)15(13,14)10-7-4-3-5-8-9(7)12-16-11-8/h3-6,10H,1-2H3. The van der Waals surface area contributed by atoms with Gasteiger partial charge in [0.05, 0.1) is 0 Å². The van der Waals surface area contributed by atoms with Crippen molar-refractivity contribution in [2.75, 3.05) is 4.72 Å². The molecule has 0 unspecified atom stereocenters. The Morgan fingerprint density at radius 3 is 2.75 bits per heavy atom. The molecule has 0 bridgehead atoms. The fourth-order valence-electron chi connectivity index (χ4n) is 1.16. The molecular formula is C9H11N3O2SSe. The van der Waals surface area contributed by atoms with Crippen LogP contribution in [0.1, 0.15) is 13.8 Å². The molecule has 7 heteroatoms. The first-order valence-corrected chi connectivity index (χ1v) is 7.81. The number of sulfonamides is 1. The molecule has 1 N–H and O–H groups in total. The molecule has 0 spiro atoms. The molecule has 0 radical (unpaired) electrons. The van der Waals surface area contributed by atoms with Crippen molar-refractivity contribution in [1.82, 2.24) is 7.96 Å². The predicted molar refractivity (Wildman–Crippen MR) is 64.2 cm³/mol. The summed E-state index contributed by atoms with van der Waals surface area (Å²) in [6, 6.07) is 5.32. The fraction of sp³-hybridized carbons (Fsp3) is 0.333. The molecule has 2 rings (SSSR count). The molecule has 5 nitrogen and oxygen atoms in total. The maximum absolute atomic E-state index is 11.7. The molecule has 0 aliphatic rings. The van der Waals surface area contributed by atoms with E-state index in [1.165, 1.54) is 0 Å². The van der Waals surface area contributed by atoms with Crippen molar-refractivity contribution in [3.05, 3.63) is 18.2 Å². The average molecular weight is 304 g/mol. The Hall–Kier alpha value is -0.911. The Morgan fingerprint density at radius 1 is 1.31 bits per heavy atom. The number of aromatic nitrogens is 2. The average Bonchev–Trinajstić information content (AvgIpc) is 2.65. The molecule has 0 saturated heterocycles. The summed E-state index contributed by atoms with van der Waals surface area (Å²) in [5.74, 6) is 0. The molecular weight excluding hydrogens is 293 g/mol. The molecule has 16 heavy (non-hydrogen) atoms. The van der Waals surface area contributed by atoms with Gasteiger partial charge in [0.25, 0.3) is 0 Å². The van der Waals surface area contributed by atoms with E-state index in [0.717, 1.165) is 5.52 Å². The number of hydrogen-bond donors (Lipinski definition) is 1. The van der Waals surface area contributed by atoms with Gasteiger partial charge in [0.2, 0.25) is 0 Å². The van der Waals surface area contributed by atoms with Gasteiger partial charge in [0.1, 0.15) is 0 Å². The zero-order valence-electron chi connectivity index (χ0n) is 8.84. The summed E-state index contributed by atoms with van der Waals surface area (Å²) < 4.78 is 34.4. The predicted octanol–water partition coefficient (Wildman–Crippen LogP) is 0.837. The number of benzene rings is 1. The Kier molecular flexibility index (Phi) is 3.01. The van der Waals surface area contributed by atoms with Crippen LogP contribution in [-0.2, 0) is 10.0 Å². The molecule has 0 atom stereocenters. The fourth-order valence-corrected chi connectivity index (χ4v) is 3.02. The first-order valence-electron chi connectivity index (χ1n) is 4.73. The number of anilines is 1. The van der Waals surface area contributed by atoms with E-state index in [0.29, 0.717) is 11.2 Å². The second kappa shape index (κ2) is 4.16. The van der Waals surface area contributed by atoms with Gasteiger partial charge in [0.15, 0.2) is 0 Å². The third kappa shape index (κ3) is 2.11. The van der Waals surface area contributed by atoms with Crippen molar-refractivity contribution >= 4 is 41.7 Å². The van der Waals surface area contributed by atoms with Crippen LogP contribution in [0.2, 0.25) is 0 Å². The van der Waals surface area contributed by atoms with Crippen molar-refractivity contribution in [3.8, 4) is 0 Å². The number of rotatable bonds is 3. The molecule has 1 aromatic carbocycles. The molecule has 1 heterocycles. The van der Waals surface area contributed by atoms with Crippen molar-refractivity contribution in [2.45, 2.75) is 19.1 Å². The topological polar surface area (TPSA) is 72.0 Å². The Bertz CT molecular complexity index is 606. The van der Waals surface area contributed by atoms with Gasteiger partial charge in [0, 0.05) is 0 Å². The summed E-state index contributed by atoms with van der Waals surface area (Å²) in [6.07, 6.45) is 0. The molecule has 1 aromatic heterocycles. The van der Waals surface area contributed by atoms with Crippen LogP contribution >= 0.6 is 0 Å². The van der Waals surface area contributed by atoms with Gasteiger partial charge in [-0.1, -0.05) is 0 Å². The molecule has 86 valence electrons. The van der Waals surface area contributed by atoms with Crippen molar-refractivity contribution in [3.63, 3.8) is 0 Å². The van der Waals surface area contributed by atoms with Gasteiger partial charge in [-0.05, 0) is 0 Å². The third-order valence-corrected chi connectivity index (χ3v) is 5.04. The van der Waals surface area contributed by atoms with Gasteiger partial charge in [-0.3, -0.25) is 0 Å². The van der Waals surface area contributed by atoms with E-state index in [4.69, 9.17) is 0 Å². The summed E-state index contributed by atoms with van der Waals surface area (Å²) in [5.41, 5.74) is 1.95. The van der Waals surface area contributed by atoms with E-state index in [2.05, 4.69) is 12.7 Å². The van der Waals surface area contributed by atoms with E-state index in [1.54, 1.807) is 26.0 Å². The zero-order valence-corrected chi connectivity index (χ0v) is 11.4. The Labute approximate surface area is 100 Å². The van der Waals surface area contributed by atoms with Gasteiger partial charge in [-0.25, -0.2) is 0 Å². The van der Waals surface area contributed by atoms with Gasteiger partial charge < -0.3 is 0 Å². The molecule has 0 amide bonds. The molecule has 0 fully saturated rings. The maximum atomic E-state index is 11.7. The van der Waals surface area contributed by atoms with Crippen LogP contribution in [0.15, 0.2) is 18.2 Å².